The van der Waals surface area contributed by atoms with Gasteiger partial charge in [-0.3, -0.25) is 9.20 Å². The molecule has 1 N–H and O–H groups in total. The predicted molar refractivity (Wildman–Crippen MR) is 108 cm³/mol. The Kier molecular flexibility index (Phi) is 5.25. The van der Waals surface area contributed by atoms with Gasteiger partial charge in [0.15, 0.2) is 0 Å². The van der Waals surface area contributed by atoms with Crippen LogP contribution in [0.15, 0.2) is 28.9 Å². The van der Waals surface area contributed by atoms with E-state index in [1.54, 1.807) is 19.2 Å². The molecule has 2 heterocycles. The summed E-state index contributed by atoms with van der Waals surface area (Å²) in [6.45, 7) is 5.83. The third kappa shape index (κ3) is 3.31. The molecule has 0 unspecified atom stereocenters. The molecule has 26 heavy (non-hydrogen) atoms. The average Bonchev–Trinajstić information content (AvgIpc) is 2.96. The summed E-state index contributed by atoms with van der Waals surface area (Å²) in [6, 6.07) is 5.48. The number of halogens is 2. The number of hydrogen-bond acceptors (Lipinski definition) is 3. The minimum Gasteiger partial charge on any atom is -0.495 e. The van der Waals surface area contributed by atoms with E-state index in [1.165, 1.54) is 0 Å². The molecule has 0 fully saturated rings. The molecule has 0 saturated carbocycles. The summed E-state index contributed by atoms with van der Waals surface area (Å²) in [6.07, 6.45) is 2.51. The second-order valence-electron chi connectivity index (χ2n) is 6.05. The van der Waals surface area contributed by atoms with Crippen LogP contribution in [0, 0.1) is 13.8 Å². The summed E-state index contributed by atoms with van der Waals surface area (Å²) < 4.78 is 8.06. The van der Waals surface area contributed by atoms with Gasteiger partial charge in [-0.25, -0.2) is 4.98 Å². The highest BCUT2D eigenvalue weighted by Gasteiger charge is 2.21. The van der Waals surface area contributed by atoms with E-state index < -0.39 is 0 Å². The van der Waals surface area contributed by atoms with Crippen molar-refractivity contribution in [2.24, 2.45) is 0 Å². The SMILES string of the molecule is CCc1nc2c(C)cc(Br)cn2c1C(=O)Nc1cc(C)c(Cl)cc1OC. The van der Waals surface area contributed by atoms with E-state index in [0.29, 0.717) is 28.6 Å². The van der Waals surface area contributed by atoms with Crippen LogP contribution in [0.1, 0.15) is 34.2 Å². The molecule has 7 heteroatoms. The van der Waals surface area contributed by atoms with Gasteiger partial charge in [-0.2, -0.15) is 0 Å². The topological polar surface area (TPSA) is 55.6 Å². The van der Waals surface area contributed by atoms with Crippen molar-refractivity contribution < 1.29 is 9.53 Å². The van der Waals surface area contributed by atoms with Gasteiger partial charge in [0.1, 0.15) is 17.1 Å². The van der Waals surface area contributed by atoms with E-state index >= 15 is 0 Å². The third-order valence-electron chi connectivity index (χ3n) is 4.22. The van der Waals surface area contributed by atoms with Crippen molar-refractivity contribution in [1.29, 1.82) is 0 Å². The minimum atomic E-state index is -0.244. The van der Waals surface area contributed by atoms with Crippen LogP contribution < -0.4 is 10.1 Å². The fraction of sp³-hybridized carbons (Fsp3) is 0.263. The zero-order valence-electron chi connectivity index (χ0n) is 15.0. The van der Waals surface area contributed by atoms with Crippen LogP contribution in [0.3, 0.4) is 0 Å². The van der Waals surface area contributed by atoms with Crippen molar-refractivity contribution in [3.63, 3.8) is 0 Å². The van der Waals surface area contributed by atoms with Crippen LogP contribution in [0.25, 0.3) is 5.65 Å². The van der Waals surface area contributed by atoms with Gasteiger partial charge in [0.2, 0.25) is 0 Å². The maximum absolute atomic E-state index is 13.1. The molecule has 5 nitrogen and oxygen atoms in total. The second kappa shape index (κ2) is 7.29. The van der Waals surface area contributed by atoms with Crippen LogP contribution in [0.4, 0.5) is 5.69 Å². The number of aromatic nitrogens is 2. The van der Waals surface area contributed by atoms with Gasteiger partial charge >= 0.3 is 0 Å². The first-order valence-corrected chi connectivity index (χ1v) is 9.35. The molecular formula is C19H19BrClN3O2. The molecule has 3 aromatic rings. The van der Waals surface area contributed by atoms with E-state index in [9.17, 15) is 4.79 Å². The Morgan fingerprint density at radius 1 is 1.31 bits per heavy atom. The number of fused-ring (bicyclic) bond motifs is 1. The Morgan fingerprint density at radius 3 is 2.69 bits per heavy atom. The number of nitrogens with zero attached hydrogens (tertiary/aromatic N) is 2. The van der Waals surface area contributed by atoms with E-state index in [0.717, 1.165) is 26.9 Å². The third-order valence-corrected chi connectivity index (χ3v) is 5.06. The Labute approximate surface area is 165 Å². The average molecular weight is 437 g/mol. The van der Waals surface area contributed by atoms with Gasteiger partial charge in [0.25, 0.3) is 5.91 Å². The Bertz CT molecular complexity index is 1010. The van der Waals surface area contributed by atoms with Crippen molar-refractivity contribution in [2.45, 2.75) is 27.2 Å². The lowest BCUT2D eigenvalue weighted by atomic mass is 10.2. The van der Waals surface area contributed by atoms with E-state index in [2.05, 4.69) is 26.2 Å². The van der Waals surface area contributed by atoms with Crippen LogP contribution in [-0.4, -0.2) is 22.4 Å². The van der Waals surface area contributed by atoms with E-state index in [4.69, 9.17) is 16.3 Å². The second-order valence-corrected chi connectivity index (χ2v) is 7.37. The molecule has 0 bridgehead atoms. The van der Waals surface area contributed by atoms with Gasteiger partial charge in [-0.1, -0.05) is 18.5 Å². The fourth-order valence-electron chi connectivity index (χ4n) is 2.91. The van der Waals surface area contributed by atoms with Gasteiger partial charge < -0.3 is 10.1 Å². The van der Waals surface area contributed by atoms with Gasteiger partial charge in [-0.15, -0.1) is 0 Å². The molecule has 0 spiro atoms. The number of imidazole rings is 1. The van der Waals surface area contributed by atoms with Gasteiger partial charge in [-0.05, 0) is 59.5 Å². The number of amides is 1. The minimum absolute atomic E-state index is 0.244. The number of anilines is 1. The van der Waals surface area contributed by atoms with Crippen molar-refractivity contribution >= 4 is 44.8 Å². The molecule has 1 aromatic carbocycles. The number of hydrogen-bond donors (Lipinski definition) is 1. The summed E-state index contributed by atoms with van der Waals surface area (Å²) in [5.74, 6) is 0.269. The number of methoxy groups -OCH3 is 1. The van der Waals surface area contributed by atoms with Crippen LogP contribution in [0.2, 0.25) is 5.02 Å². The quantitative estimate of drug-likeness (QED) is 0.612. The van der Waals surface area contributed by atoms with Crippen molar-refractivity contribution in [1.82, 2.24) is 9.38 Å². The number of nitrogens with one attached hydrogen (secondary N) is 1. The molecule has 3 rings (SSSR count). The van der Waals surface area contributed by atoms with Crippen LogP contribution >= 0.6 is 27.5 Å². The first kappa shape index (κ1) is 18.7. The molecule has 1 amide bonds. The van der Waals surface area contributed by atoms with Crippen LogP contribution in [0.5, 0.6) is 5.75 Å². The summed E-state index contributed by atoms with van der Waals surface area (Å²) >= 11 is 9.64. The summed E-state index contributed by atoms with van der Waals surface area (Å²) in [5, 5.41) is 3.53. The number of benzene rings is 1. The number of pyridine rings is 1. The number of carbonyl (C=O) groups is 1. The molecule has 0 atom stereocenters. The molecule has 0 aliphatic rings. The summed E-state index contributed by atoms with van der Waals surface area (Å²) in [4.78, 5) is 17.7. The lowest BCUT2D eigenvalue weighted by Gasteiger charge is -2.13. The fourth-order valence-corrected chi connectivity index (χ4v) is 3.62. The molecular weight excluding hydrogens is 418 g/mol. The normalized spacial score (nSPS) is 11.0. The number of aryl methyl sites for hydroxylation is 3. The van der Waals surface area contributed by atoms with Gasteiger partial charge in [0, 0.05) is 21.8 Å². The van der Waals surface area contributed by atoms with E-state index in [1.807, 2.05) is 37.4 Å². The maximum Gasteiger partial charge on any atom is 0.274 e. The summed E-state index contributed by atoms with van der Waals surface area (Å²) in [5.41, 5.74) is 4.45. The lowest BCUT2D eigenvalue weighted by Crippen LogP contribution is -2.17. The highest BCUT2D eigenvalue weighted by atomic mass is 79.9. The monoisotopic (exact) mass is 435 g/mol. The first-order valence-electron chi connectivity index (χ1n) is 8.18. The Balaban J connectivity index is 2.10. The Hall–Kier alpha value is -2.05. The van der Waals surface area contributed by atoms with Crippen LogP contribution in [-0.2, 0) is 6.42 Å². The molecule has 0 aliphatic heterocycles. The smallest absolute Gasteiger partial charge is 0.274 e. The number of carbonyl (C=O) groups excluding carboxylic acids is 1. The highest BCUT2D eigenvalue weighted by Crippen LogP contribution is 2.31. The number of ether oxygens (including phenoxy) is 1. The maximum atomic E-state index is 13.1. The zero-order valence-corrected chi connectivity index (χ0v) is 17.3. The zero-order chi connectivity index (χ0) is 19.0. The largest absolute Gasteiger partial charge is 0.495 e. The molecule has 136 valence electrons. The van der Waals surface area contributed by atoms with E-state index in [-0.39, 0.29) is 5.91 Å². The van der Waals surface area contributed by atoms with Crippen molar-refractivity contribution in [2.75, 3.05) is 12.4 Å². The van der Waals surface area contributed by atoms with Gasteiger partial charge in [0.05, 0.1) is 18.5 Å². The standard InChI is InChI=1S/C19H19BrClN3O2/c1-5-14-17(24-9-12(20)6-11(3)18(24)22-14)19(25)23-15-7-10(2)13(21)8-16(15)26-4/h6-9H,5H2,1-4H3,(H,23,25). The number of rotatable bonds is 4. The van der Waals surface area contributed by atoms with Crippen molar-refractivity contribution in [3.8, 4) is 5.75 Å². The lowest BCUT2D eigenvalue weighted by molar-refractivity contribution is 0.102. The Morgan fingerprint density at radius 2 is 2.04 bits per heavy atom. The molecule has 0 radical (unpaired) electrons. The highest BCUT2D eigenvalue weighted by molar-refractivity contribution is 9.10. The molecule has 2 aromatic heterocycles. The molecule has 0 aliphatic carbocycles. The van der Waals surface area contributed by atoms with Crippen molar-refractivity contribution in [3.05, 3.63) is 56.4 Å². The predicted octanol–water partition coefficient (Wildman–Crippen LogP) is 5.19. The molecule has 0 saturated heterocycles. The first-order chi connectivity index (χ1) is 12.3. The summed E-state index contributed by atoms with van der Waals surface area (Å²) in [7, 11) is 1.54.